The van der Waals surface area contributed by atoms with Gasteiger partial charge >= 0.3 is 6.03 Å². The zero-order chi connectivity index (χ0) is 27.8. The highest BCUT2D eigenvalue weighted by molar-refractivity contribution is 5.91. The molecule has 0 saturated carbocycles. The van der Waals surface area contributed by atoms with Crippen molar-refractivity contribution >= 4 is 17.8 Å². The summed E-state index contributed by atoms with van der Waals surface area (Å²) in [6.07, 6.45) is 4.62. The number of hydrazine groups is 1. The van der Waals surface area contributed by atoms with Crippen LogP contribution in [-0.2, 0) is 22.6 Å². The lowest BCUT2D eigenvalue weighted by Crippen LogP contribution is -2.75. The zero-order valence-electron chi connectivity index (χ0n) is 23.3. The number of fused-ring (bicyclic) bond motifs is 1. The summed E-state index contributed by atoms with van der Waals surface area (Å²) < 4.78 is 5.22. The molecule has 1 N–H and O–H groups in total. The standard InChI is InChI=1S/C30H41N5O4/c1-4-5-14-26-29(37)33(19-10-9-13-23-11-7-6-8-12-23)21-27-34(26)28(36)22-32(2)35(27)30(38)31-20-24-15-17-25(39-3)18-16-24/h6-8,11-12,15-18,26-27H,4-5,9-10,13-14,19-22H2,1-3H3,(H,31,38)/t26-,27-/m0/s1. The molecule has 0 radical (unpaired) electrons. The highest BCUT2D eigenvalue weighted by atomic mass is 16.5. The predicted octanol–water partition coefficient (Wildman–Crippen LogP) is 3.65. The van der Waals surface area contributed by atoms with Gasteiger partial charge < -0.3 is 19.9 Å². The van der Waals surface area contributed by atoms with E-state index in [1.165, 1.54) is 5.56 Å². The Balaban J connectivity index is 1.47. The molecule has 2 aromatic carbocycles. The Bertz CT molecular complexity index is 1110. The maximum absolute atomic E-state index is 13.6. The number of benzene rings is 2. The van der Waals surface area contributed by atoms with E-state index in [9.17, 15) is 14.4 Å². The van der Waals surface area contributed by atoms with Gasteiger partial charge in [0.25, 0.3) is 0 Å². The van der Waals surface area contributed by atoms with Crippen molar-refractivity contribution in [2.45, 2.75) is 64.2 Å². The van der Waals surface area contributed by atoms with Crippen LogP contribution in [0.2, 0.25) is 0 Å². The van der Waals surface area contributed by atoms with Crippen LogP contribution in [0.5, 0.6) is 5.75 Å². The minimum atomic E-state index is -0.545. The number of rotatable bonds is 11. The molecule has 2 atom stereocenters. The van der Waals surface area contributed by atoms with Crippen LogP contribution in [0.15, 0.2) is 54.6 Å². The van der Waals surface area contributed by atoms with Gasteiger partial charge in [-0.3, -0.25) is 9.59 Å². The first-order valence-electron chi connectivity index (χ1n) is 14.0. The van der Waals surface area contributed by atoms with Gasteiger partial charge in [0.2, 0.25) is 11.8 Å². The smallest absolute Gasteiger partial charge is 0.334 e. The number of urea groups is 1. The number of ether oxygens (including phenoxy) is 1. The van der Waals surface area contributed by atoms with Gasteiger partial charge in [0.15, 0.2) is 0 Å². The normalized spacial score (nSPS) is 19.7. The van der Waals surface area contributed by atoms with Crippen LogP contribution in [-0.4, -0.2) is 83.7 Å². The monoisotopic (exact) mass is 535 g/mol. The molecule has 2 saturated heterocycles. The second-order valence-electron chi connectivity index (χ2n) is 10.3. The third-order valence-corrected chi connectivity index (χ3v) is 7.57. The SMILES string of the molecule is CCCC[C@H]1C(=O)N(CCCCc2ccccc2)C[C@H]2N1C(=O)CN(C)N2C(=O)NCc1ccc(OC)cc1. The van der Waals surface area contributed by atoms with Crippen molar-refractivity contribution in [1.82, 2.24) is 25.1 Å². The van der Waals surface area contributed by atoms with Crippen molar-refractivity contribution in [3.63, 3.8) is 0 Å². The van der Waals surface area contributed by atoms with Gasteiger partial charge in [0, 0.05) is 20.1 Å². The van der Waals surface area contributed by atoms with Gasteiger partial charge in [-0.1, -0.05) is 62.2 Å². The molecule has 0 bridgehead atoms. The van der Waals surface area contributed by atoms with Crippen molar-refractivity contribution in [1.29, 1.82) is 0 Å². The molecular weight excluding hydrogens is 494 g/mol. The Hall–Kier alpha value is -3.59. The van der Waals surface area contributed by atoms with E-state index in [1.54, 1.807) is 29.1 Å². The molecule has 0 unspecified atom stereocenters. The molecule has 2 heterocycles. The van der Waals surface area contributed by atoms with Gasteiger partial charge in [0.05, 0.1) is 20.2 Å². The van der Waals surface area contributed by atoms with E-state index in [2.05, 4.69) is 24.4 Å². The number of amides is 4. The van der Waals surface area contributed by atoms with Gasteiger partial charge in [-0.15, -0.1) is 0 Å². The number of aryl methyl sites for hydroxylation is 1. The Morgan fingerprint density at radius 2 is 1.74 bits per heavy atom. The summed E-state index contributed by atoms with van der Waals surface area (Å²) >= 11 is 0. The van der Waals surface area contributed by atoms with Crippen molar-refractivity contribution in [3.8, 4) is 5.75 Å². The van der Waals surface area contributed by atoms with E-state index in [-0.39, 0.29) is 24.4 Å². The number of nitrogens with zero attached hydrogens (tertiary/aromatic N) is 4. The third kappa shape index (κ3) is 6.89. The number of carbonyl (C=O) groups is 3. The van der Waals surface area contributed by atoms with E-state index in [4.69, 9.17) is 4.74 Å². The molecule has 210 valence electrons. The number of piperazine rings is 1. The first kappa shape index (κ1) is 28.4. The molecule has 9 heteroatoms. The molecule has 9 nitrogen and oxygen atoms in total. The molecule has 4 amide bonds. The molecule has 39 heavy (non-hydrogen) atoms. The fraction of sp³-hybridized carbons (Fsp3) is 0.500. The first-order chi connectivity index (χ1) is 18.9. The van der Waals surface area contributed by atoms with Crippen molar-refractivity contribution in [3.05, 3.63) is 65.7 Å². The second-order valence-corrected chi connectivity index (χ2v) is 10.3. The summed E-state index contributed by atoms with van der Waals surface area (Å²) in [6.45, 7) is 3.39. The average Bonchev–Trinajstić information content (AvgIpc) is 2.95. The minimum absolute atomic E-state index is 0.00379. The number of nitrogens with one attached hydrogen (secondary N) is 1. The van der Waals surface area contributed by atoms with Gasteiger partial charge in [-0.25, -0.2) is 14.8 Å². The molecule has 2 aromatic rings. The van der Waals surface area contributed by atoms with E-state index >= 15 is 0 Å². The Labute approximate surface area is 231 Å². The molecule has 2 aliphatic rings. The summed E-state index contributed by atoms with van der Waals surface area (Å²) in [5, 5.41) is 6.29. The highest BCUT2D eigenvalue weighted by Gasteiger charge is 2.50. The summed E-state index contributed by atoms with van der Waals surface area (Å²) in [4.78, 5) is 43.9. The summed E-state index contributed by atoms with van der Waals surface area (Å²) in [6, 6.07) is 17.0. The number of likely N-dealkylation sites (N-methyl/N-ethyl adjacent to an activating group) is 1. The lowest BCUT2D eigenvalue weighted by atomic mass is 10.0. The fourth-order valence-corrected chi connectivity index (χ4v) is 5.46. The largest absolute Gasteiger partial charge is 0.497 e. The number of hydrogen-bond acceptors (Lipinski definition) is 5. The average molecular weight is 536 g/mol. The van der Waals surface area contributed by atoms with Crippen LogP contribution in [0.25, 0.3) is 0 Å². The third-order valence-electron chi connectivity index (χ3n) is 7.57. The number of methoxy groups -OCH3 is 1. The van der Waals surface area contributed by atoms with Crippen LogP contribution in [0.1, 0.15) is 50.2 Å². The van der Waals surface area contributed by atoms with Gasteiger partial charge in [-0.2, -0.15) is 0 Å². The number of hydrogen-bond donors (Lipinski definition) is 1. The molecule has 4 rings (SSSR count). The lowest BCUT2D eigenvalue weighted by Gasteiger charge is -2.54. The molecule has 0 spiro atoms. The van der Waals surface area contributed by atoms with Gasteiger partial charge in [-0.05, 0) is 48.9 Å². The summed E-state index contributed by atoms with van der Waals surface area (Å²) in [7, 11) is 3.37. The molecule has 0 aromatic heterocycles. The van der Waals surface area contributed by atoms with Crippen LogP contribution in [0, 0.1) is 0 Å². The molecule has 2 fully saturated rings. The predicted molar refractivity (Wildman–Crippen MR) is 150 cm³/mol. The Kier molecular flexibility index (Phi) is 9.81. The van der Waals surface area contributed by atoms with E-state index in [0.717, 1.165) is 43.4 Å². The quantitative estimate of drug-likeness (QED) is 0.444. The van der Waals surface area contributed by atoms with Crippen molar-refractivity contribution in [2.75, 3.05) is 33.8 Å². The highest BCUT2D eigenvalue weighted by Crippen LogP contribution is 2.28. The van der Waals surface area contributed by atoms with Crippen LogP contribution in [0.3, 0.4) is 0 Å². The molecule has 0 aliphatic carbocycles. The molecular formula is C30H41N5O4. The summed E-state index contributed by atoms with van der Waals surface area (Å²) in [5.41, 5.74) is 2.23. The first-order valence-corrected chi connectivity index (χ1v) is 14.0. The Morgan fingerprint density at radius 3 is 2.44 bits per heavy atom. The Morgan fingerprint density at radius 1 is 1.00 bits per heavy atom. The van der Waals surface area contributed by atoms with Crippen molar-refractivity contribution in [2.24, 2.45) is 0 Å². The number of unbranched alkanes of at least 4 members (excludes halogenated alkanes) is 2. The summed E-state index contributed by atoms with van der Waals surface area (Å²) in [5.74, 6) is 0.639. The second kappa shape index (κ2) is 13.5. The van der Waals surface area contributed by atoms with Crippen LogP contribution >= 0.6 is 0 Å². The maximum atomic E-state index is 13.6. The molecule has 2 aliphatic heterocycles. The van der Waals surface area contributed by atoms with E-state index in [0.29, 0.717) is 26.1 Å². The van der Waals surface area contributed by atoms with E-state index < -0.39 is 12.2 Å². The fourth-order valence-electron chi connectivity index (χ4n) is 5.46. The topological polar surface area (TPSA) is 85.4 Å². The minimum Gasteiger partial charge on any atom is -0.497 e. The van der Waals surface area contributed by atoms with E-state index in [1.807, 2.05) is 47.4 Å². The van der Waals surface area contributed by atoms with Gasteiger partial charge in [0.1, 0.15) is 18.0 Å². The lowest BCUT2D eigenvalue weighted by molar-refractivity contribution is -0.187. The van der Waals surface area contributed by atoms with Crippen molar-refractivity contribution < 1.29 is 19.1 Å². The van der Waals surface area contributed by atoms with Crippen LogP contribution in [0.4, 0.5) is 4.79 Å². The zero-order valence-corrected chi connectivity index (χ0v) is 23.3. The van der Waals surface area contributed by atoms with Crippen LogP contribution < -0.4 is 10.1 Å². The maximum Gasteiger partial charge on any atom is 0.334 e. The number of carbonyl (C=O) groups excluding carboxylic acids is 3.